The highest BCUT2D eigenvalue weighted by Crippen LogP contribution is 2.33. The fraction of sp³-hybridized carbons (Fsp3) is 0.250. The van der Waals surface area contributed by atoms with E-state index in [4.69, 9.17) is 0 Å². The molecule has 1 aliphatic rings. The van der Waals surface area contributed by atoms with Crippen molar-refractivity contribution < 1.29 is 18.0 Å². The number of pyridine rings is 1. The van der Waals surface area contributed by atoms with Gasteiger partial charge in [-0.1, -0.05) is 24.3 Å². The molecule has 0 radical (unpaired) electrons. The summed E-state index contributed by atoms with van der Waals surface area (Å²) in [6, 6.07) is 16.2. The largest absolute Gasteiger partial charge is 0.416 e. The molecule has 194 valence electrons. The van der Waals surface area contributed by atoms with Crippen LogP contribution in [0.4, 0.5) is 19.1 Å². The predicted octanol–water partition coefficient (Wildman–Crippen LogP) is 5.96. The normalized spacial score (nSPS) is 15.4. The zero-order valence-corrected chi connectivity index (χ0v) is 20.6. The molecule has 4 heterocycles. The highest BCUT2D eigenvalue weighted by molar-refractivity contribution is 6.03. The molecule has 1 aliphatic heterocycles. The van der Waals surface area contributed by atoms with Gasteiger partial charge in [-0.25, -0.2) is 9.97 Å². The number of rotatable bonds is 4. The molecule has 6 rings (SSSR count). The van der Waals surface area contributed by atoms with E-state index in [0.717, 1.165) is 43.8 Å². The number of alkyl halides is 3. The summed E-state index contributed by atoms with van der Waals surface area (Å²) >= 11 is 0. The molecule has 38 heavy (non-hydrogen) atoms. The van der Waals surface area contributed by atoms with E-state index in [1.807, 2.05) is 16.5 Å². The summed E-state index contributed by atoms with van der Waals surface area (Å²) in [6.45, 7) is 2.06. The minimum absolute atomic E-state index is 0.235. The van der Waals surface area contributed by atoms with Gasteiger partial charge in [0.2, 0.25) is 5.95 Å². The van der Waals surface area contributed by atoms with Gasteiger partial charge >= 0.3 is 6.18 Å². The van der Waals surface area contributed by atoms with Gasteiger partial charge in [0.25, 0.3) is 5.91 Å². The first-order valence-corrected chi connectivity index (χ1v) is 12.4. The van der Waals surface area contributed by atoms with Crippen LogP contribution in [0.25, 0.3) is 27.8 Å². The molecule has 0 aliphatic carbocycles. The SMILES string of the molecule is CN1CCC(c2cccc3nc(C(=O)Nc4nc5cc(-c6cccc(C(F)(F)F)c6)ccc5[nH]4)cn23)CC1. The second kappa shape index (κ2) is 9.29. The molecule has 2 N–H and O–H groups in total. The maximum Gasteiger partial charge on any atom is 0.416 e. The van der Waals surface area contributed by atoms with Gasteiger partial charge in [-0.05, 0) is 80.5 Å². The van der Waals surface area contributed by atoms with Crippen LogP contribution in [0.3, 0.4) is 0 Å². The first-order chi connectivity index (χ1) is 18.2. The first kappa shape index (κ1) is 24.2. The van der Waals surface area contributed by atoms with Gasteiger partial charge in [-0.15, -0.1) is 0 Å². The lowest BCUT2D eigenvalue weighted by molar-refractivity contribution is -0.137. The minimum Gasteiger partial charge on any atom is -0.324 e. The Kier molecular flexibility index (Phi) is 5.91. The van der Waals surface area contributed by atoms with Crippen LogP contribution in [0.5, 0.6) is 0 Å². The number of imidazole rings is 2. The lowest BCUT2D eigenvalue weighted by Gasteiger charge is -2.29. The van der Waals surface area contributed by atoms with E-state index in [0.29, 0.717) is 33.7 Å². The minimum atomic E-state index is -4.42. The molecule has 1 fully saturated rings. The maximum absolute atomic E-state index is 13.1. The highest BCUT2D eigenvalue weighted by atomic mass is 19.4. The second-order valence-electron chi connectivity index (χ2n) is 9.73. The maximum atomic E-state index is 13.1. The van der Waals surface area contributed by atoms with Crippen molar-refractivity contribution in [3.05, 3.63) is 83.8 Å². The number of benzene rings is 2. The van der Waals surface area contributed by atoms with E-state index < -0.39 is 17.6 Å². The fourth-order valence-corrected chi connectivity index (χ4v) is 5.07. The Bertz CT molecular complexity index is 1650. The number of fused-ring (bicyclic) bond motifs is 2. The number of H-pyrrole nitrogens is 1. The molecule has 0 bridgehead atoms. The average Bonchev–Trinajstić information content (AvgIpc) is 3.52. The van der Waals surface area contributed by atoms with Gasteiger partial charge in [-0.3, -0.25) is 10.1 Å². The van der Waals surface area contributed by atoms with E-state index in [2.05, 4.69) is 38.3 Å². The fourth-order valence-electron chi connectivity index (χ4n) is 5.07. The summed E-state index contributed by atoms with van der Waals surface area (Å²) in [4.78, 5) is 27.4. The standard InChI is InChI=1S/C28H25F3N6O/c1-36-12-10-17(11-13-36)24-6-3-7-25-32-23(16-37(24)25)26(38)35-27-33-21-9-8-19(15-22(21)34-27)18-4-2-5-20(14-18)28(29,30)31/h2-9,14-17H,10-13H2,1H3,(H2,33,34,35,38). The Morgan fingerprint density at radius 1 is 1.00 bits per heavy atom. The van der Waals surface area contributed by atoms with E-state index in [-0.39, 0.29) is 11.6 Å². The molecule has 0 atom stereocenters. The Labute approximate surface area is 216 Å². The number of carbonyl (C=O) groups is 1. The van der Waals surface area contributed by atoms with Gasteiger partial charge in [0, 0.05) is 17.8 Å². The number of halogens is 3. The Morgan fingerprint density at radius 2 is 1.76 bits per heavy atom. The monoisotopic (exact) mass is 518 g/mol. The van der Waals surface area contributed by atoms with Crippen molar-refractivity contribution in [3.8, 4) is 11.1 Å². The zero-order chi connectivity index (χ0) is 26.4. The van der Waals surface area contributed by atoms with Crippen LogP contribution in [0.15, 0.2) is 66.9 Å². The number of aromatic nitrogens is 4. The third-order valence-electron chi connectivity index (χ3n) is 7.13. The van der Waals surface area contributed by atoms with Crippen LogP contribution < -0.4 is 5.32 Å². The van der Waals surface area contributed by atoms with E-state index in [1.165, 1.54) is 6.07 Å². The van der Waals surface area contributed by atoms with Crippen molar-refractivity contribution in [1.29, 1.82) is 0 Å². The molecule has 1 amide bonds. The number of amides is 1. The summed E-state index contributed by atoms with van der Waals surface area (Å²) < 4.78 is 41.4. The number of piperidine rings is 1. The molecule has 0 spiro atoms. The lowest BCUT2D eigenvalue weighted by atomic mass is 9.93. The molecule has 2 aromatic carbocycles. The van der Waals surface area contributed by atoms with Crippen LogP contribution in [-0.2, 0) is 6.18 Å². The first-order valence-electron chi connectivity index (χ1n) is 12.4. The van der Waals surface area contributed by atoms with Crippen LogP contribution in [-0.4, -0.2) is 50.3 Å². The zero-order valence-electron chi connectivity index (χ0n) is 20.6. The van der Waals surface area contributed by atoms with Crippen molar-refractivity contribution in [2.24, 2.45) is 0 Å². The second-order valence-corrected chi connectivity index (χ2v) is 9.73. The molecule has 0 unspecified atom stereocenters. The molecular formula is C28H25F3N6O. The number of anilines is 1. The van der Waals surface area contributed by atoms with Gasteiger partial charge in [-0.2, -0.15) is 13.2 Å². The van der Waals surface area contributed by atoms with Crippen LogP contribution in [0.2, 0.25) is 0 Å². The van der Waals surface area contributed by atoms with E-state index in [1.54, 1.807) is 30.5 Å². The van der Waals surface area contributed by atoms with Crippen molar-refractivity contribution in [2.45, 2.75) is 24.9 Å². The summed E-state index contributed by atoms with van der Waals surface area (Å²) in [5.41, 5.74) is 3.61. The summed E-state index contributed by atoms with van der Waals surface area (Å²) in [6.07, 6.45) is -0.560. The predicted molar refractivity (Wildman–Crippen MR) is 139 cm³/mol. The number of nitrogens with zero attached hydrogens (tertiary/aromatic N) is 4. The number of aromatic amines is 1. The summed E-state index contributed by atoms with van der Waals surface area (Å²) in [5, 5.41) is 2.76. The molecule has 5 aromatic rings. The number of nitrogens with one attached hydrogen (secondary N) is 2. The topological polar surface area (TPSA) is 78.3 Å². The molecule has 1 saturated heterocycles. The van der Waals surface area contributed by atoms with Gasteiger partial charge in [0.05, 0.1) is 16.6 Å². The molecular weight excluding hydrogens is 493 g/mol. The summed E-state index contributed by atoms with van der Waals surface area (Å²) in [5.74, 6) is 0.236. The van der Waals surface area contributed by atoms with E-state index in [9.17, 15) is 18.0 Å². The molecule has 10 heteroatoms. The Balaban J connectivity index is 1.24. The molecule has 7 nitrogen and oxygen atoms in total. The van der Waals surface area contributed by atoms with Crippen molar-refractivity contribution >= 4 is 28.5 Å². The highest BCUT2D eigenvalue weighted by Gasteiger charge is 2.30. The van der Waals surface area contributed by atoms with Crippen LogP contribution in [0.1, 0.15) is 40.5 Å². The number of hydrogen-bond acceptors (Lipinski definition) is 4. The van der Waals surface area contributed by atoms with Gasteiger partial charge in [0.1, 0.15) is 11.3 Å². The number of likely N-dealkylation sites (tertiary alicyclic amines) is 1. The van der Waals surface area contributed by atoms with Crippen LogP contribution in [0, 0.1) is 0 Å². The van der Waals surface area contributed by atoms with E-state index >= 15 is 0 Å². The number of hydrogen-bond donors (Lipinski definition) is 2. The smallest absolute Gasteiger partial charge is 0.324 e. The van der Waals surface area contributed by atoms with Gasteiger partial charge in [0.15, 0.2) is 0 Å². The molecule has 3 aromatic heterocycles. The Morgan fingerprint density at radius 3 is 2.55 bits per heavy atom. The van der Waals surface area contributed by atoms with Gasteiger partial charge < -0.3 is 14.3 Å². The third kappa shape index (κ3) is 4.63. The lowest BCUT2D eigenvalue weighted by Crippen LogP contribution is -2.29. The third-order valence-corrected chi connectivity index (χ3v) is 7.13. The van der Waals surface area contributed by atoms with Crippen LogP contribution >= 0.6 is 0 Å². The summed E-state index contributed by atoms with van der Waals surface area (Å²) in [7, 11) is 2.13. The molecule has 0 saturated carbocycles. The van der Waals surface area contributed by atoms with Crippen molar-refractivity contribution in [3.63, 3.8) is 0 Å². The average molecular weight is 519 g/mol. The van der Waals surface area contributed by atoms with Crippen molar-refractivity contribution in [1.82, 2.24) is 24.3 Å². The van der Waals surface area contributed by atoms with Crippen molar-refractivity contribution in [2.75, 3.05) is 25.5 Å². The number of carbonyl (C=O) groups excluding carboxylic acids is 1. The quantitative estimate of drug-likeness (QED) is 0.308. The Hall–Kier alpha value is -4.18.